The van der Waals surface area contributed by atoms with Gasteiger partial charge in [-0.1, -0.05) is 12.1 Å². The molecule has 1 aliphatic heterocycles. The Bertz CT molecular complexity index is 826. The first kappa shape index (κ1) is 14.5. The molecular weight excluding hydrogens is 308 g/mol. The van der Waals surface area contributed by atoms with Gasteiger partial charge in [-0.15, -0.1) is 11.8 Å². The summed E-state index contributed by atoms with van der Waals surface area (Å²) >= 11 is 1.75. The summed E-state index contributed by atoms with van der Waals surface area (Å²) in [4.78, 5) is 15.8. The van der Waals surface area contributed by atoms with Crippen LogP contribution in [0.3, 0.4) is 0 Å². The normalized spacial score (nSPS) is 15.3. The van der Waals surface area contributed by atoms with Crippen molar-refractivity contribution in [1.82, 2.24) is 15.0 Å². The molecular formula is C17H18N4OS. The Labute approximate surface area is 139 Å². The molecule has 1 aromatic carbocycles. The second-order valence-electron chi connectivity index (χ2n) is 5.45. The number of nitrogens with zero attached hydrogens (tertiary/aromatic N) is 3. The van der Waals surface area contributed by atoms with Gasteiger partial charge >= 0.3 is 0 Å². The molecule has 3 aromatic rings. The van der Waals surface area contributed by atoms with E-state index < -0.39 is 0 Å². The second-order valence-corrected chi connectivity index (χ2v) is 6.33. The van der Waals surface area contributed by atoms with E-state index in [2.05, 4.69) is 50.4 Å². The molecule has 0 unspecified atom stereocenters. The first-order chi connectivity index (χ1) is 11.4. The summed E-state index contributed by atoms with van der Waals surface area (Å²) in [5.74, 6) is 0.990. The van der Waals surface area contributed by atoms with Gasteiger partial charge in [0.15, 0.2) is 0 Å². The molecule has 3 heterocycles. The van der Waals surface area contributed by atoms with Crippen molar-refractivity contribution in [2.45, 2.75) is 4.90 Å². The third kappa shape index (κ3) is 2.68. The SMILES string of the molecule is CSc1cccc(-c2c[nH]c3ncnc(N4CCOCC4)c23)c1. The van der Waals surface area contributed by atoms with Crippen molar-refractivity contribution in [3.63, 3.8) is 0 Å². The summed E-state index contributed by atoms with van der Waals surface area (Å²) in [6.07, 6.45) is 5.76. The van der Waals surface area contributed by atoms with E-state index in [9.17, 15) is 0 Å². The van der Waals surface area contributed by atoms with Crippen molar-refractivity contribution >= 4 is 28.6 Å². The quantitative estimate of drug-likeness (QED) is 0.749. The van der Waals surface area contributed by atoms with Gasteiger partial charge in [0.25, 0.3) is 0 Å². The first-order valence-corrected chi connectivity index (χ1v) is 8.88. The average molecular weight is 326 g/mol. The zero-order valence-corrected chi connectivity index (χ0v) is 13.8. The number of nitrogens with one attached hydrogen (secondary N) is 1. The molecule has 1 aliphatic rings. The minimum Gasteiger partial charge on any atom is -0.378 e. The summed E-state index contributed by atoms with van der Waals surface area (Å²) in [6, 6.07) is 8.57. The van der Waals surface area contributed by atoms with E-state index in [1.807, 2.05) is 6.20 Å². The van der Waals surface area contributed by atoms with Crippen molar-refractivity contribution < 1.29 is 4.74 Å². The van der Waals surface area contributed by atoms with Crippen molar-refractivity contribution in [2.75, 3.05) is 37.5 Å². The molecule has 0 amide bonds. The highest BCUT2D eigenvalue weighted by Gasteiger charge is 2.19. The summed E-state index contributed by atoms with van der Waals surface area (Å²) < 4.78 is 5.46. The van der Waals surface area contributed by atoms with Crippen LogP contribution in [-0.2, 0) is 4.74 Å². The van der Waals surface area contributed by atoms with E-state index in [0.29, 0.717) is 0 Å². The standard InChI is InChI=1S/C17H18N4OS/c1-23-13-4-2-3-12(9-13)14-10-18-16-15(14)17(20-11-19-16)21-5-7-22-8-6-21/h2-4,9-11H,5-8H2,1H3,(H,18,19,20). The number of benzene rings is 1. The number of hydrogen-bond acceptors (Lipinski definition) is 5. The summed E-state index contributed by atoms with van der Waals surface area (Å²) in [6.45, 7) is 3.21. The van der Waals surface area contributed by atoms with Crippen LogP contribution in [-0.4, -0.2) is 47.5 Å². The molecule has 0 radical (unpaired) electrons. The predicted molar refractivity (Wildman–Crippen MR) is 94.1 cm³/mol. The molecule has 1 saturated heterocycles. The number of rotatable bonds is 3. The molecule has 0 aliphatic carbocycles. The molecule has 2 aromatic heterocycles. The molecule has 1 fully saturated rings. The molecule has 0 atom stereocenters. The second kappa shape index (κ2) is 6.22. The highest BCUT2D eigenvalue weighted by molar-refractivity contribution is 7.98. The van der Waals surface area contributed by atoms with E-state index in [1.54, 1.807) is 18.1 Å². The van der Waals surface area contributed by atoms with Crippen LogP contribution in [0.5, 0.6) is 0 Å². The first-order valence-electron chi connectivity index (χ1n) is 7.66. The van der Waals surface area contributed by atoms with E-state index >= 15 is 0 Å². The van der Waals surface area contributed by atoms with Crippen LogP contribution >= 0.6 is 11.8 Å². The highest BCUT2D eigenvalue weighted by atomic mass is 32.2. The number of H-pyrrole nitrogens is 1. The molecule has 0 bridgehead atoms. The fourth-order valence-corrected chi connectivity index (χ4v) is 3.44. The van der Waals surface area contributed by atoms with Gasteiger partial charge in [-0.3, -0.25) is 0 Å². The van der Waals surface area contributed by atoms with Crippen LogP contribution in [0.15, 0.2) is 41.7 Å². The van der Waals surface area contributed by atoms with Crippen LogP contribution in [0, 0.1) is 0 Å². The van der Waals surface area contributed by atoms with Crippen molar-refractivity contribution in [3.05, 3.63) is 36.8 Å². The number of aromatic amines is 1. The predicted octanol–water partition coefficient (Wildman–Crippen LogP) is 3.18. The number of hydrogen-bond donors (Lipinski definition) is 1. The summed E-state index contributed by atoms with van der Waals surface area (Å²) in [5.41, 5.74) is 3.22. The van der Waals surface area contributed by atoms with E-state index in [4.69, 9.17) is 4.74 Å². The molecule has 6 heteroatoms. The van der Waals surface area contributed by atoms with E-state index in [0.717, 1.165) is 48.7 Å². The fourth-order valence-electron chi connectivity index (χ4n) is 2.98. The summed E-state index contributed by atoms with van der Waals surface area (Å²) in [7, 11) is 0. The molecule has 23 heavy (non-hydrogen) atoms. The monoisotopic (exact) mass is 326 g/mol. The maximum atomic E-state index is 5.46. The van der Waals surface area contributed by atoms with Crippen molar-refractivity contribution in [1.29, 1.82) is 0 Å². The van der Waals surface area contributed by atoms with Gasteiger partial charge in [0, 0.05) is 29.7 Å². The van der Waals surface area contributed by atoms with E-state index in [-0.39, 0.29) is 0 Å². The smallest absolute Gasteiger partial charge is 0.143 e. The van der Waals surface area contributed by atoms with Gasteiger partial charge in [0.2, 0.25) is 0 Å². The lowest BCUT2D eigenvalue weighted by molar-refractivity contribution is 0.122. The summed E-state index contributed by atoms with van der Waals surface area (Å²) in [5, 5.41) is 1.09. The molecule has 5 nitrogen and oxygen atoms in total. The lowest BCUT2D eigenvalue weighted by Crippen LogP contribution is -2.36. The zero-order valence-electron chi connectivity index (χ0n) is 13.0. The molecule has 4 rings (SSSR count). The molecule has 1 N–H and O–H groups in total. The van der Waals surface area contributed by atoms with Gasteiger partial charge < -0.3 is 14.6 Å². The number of fused-ring (bicyclic) bond motifs is 1. The molecule has 0 spiro atoms. The lowest BCUT2D eigenvalue weighted by Gasteiger charge is -2.28. The van der Waals surface area contributed by atoms with Crippen LogP contribution < -0.4 is 4.90 Å². The number of aromatic nitrogens is 3. The van der Waals surface area contributed by atoms with Crippen LogP contribution in [0.4, 0.5) is 5.82 Å². The van der Waals surface area contributed by atoms with E-state index in [1.165, 1.54) is 10.5 Å². The minimum atomic E-state index is 0.743. The van der Waals surface area contributed by atoms with Gasteiger partial charge in [-0.05, 0) is 24.0 Å². The topological polar surface area (TPSA) is 54.0 Å². The van der Waals surface area contributed by atoms with Gasteiger partial charge in [0.1, 0.15) is 17.8 Å². The average Bonchev–Trinajstić information content (AvgIpc) is 3.07. The lowest BCUT2D eigenvalue weighted by atomic mass is 10.1. The van der Waals surface area contributed by atoms with Crippen LogP contribution in [0.1, 0.15) is 0 Å². The number of thioether (sulfide) groups is 1. The van der Waals surface area contributed by atoms with Crippen LogP contribution in [0.2, 0.25) is 0 Å². The Balaban J connectivity index is 1.87. The Morgan fingerprint density at radius 2 is 2.09 bits per heavy atom. The van der Waals surface area contributed by atoms with Gasteiger partial charge in [0.05, 0.1) is 18.6 Å². The number of anilines is 1. The Morgan fingerprint density at radius 3 is 2.91 bits per heavy atom. The number of ether oxygens (including phenoxy) is 1. The van der Waals surface area contributed by atoms with Crippen LogP contribution in [0.25, 0.3) is 22.2 Å². The molecule has 118 valence electrons. The number of morpholine rings is 1. The third-order valence-electron chi connectivity index (χ3n) is 4.14. The Kier molecular flexibility index (Phi) is 3.93. The highest BCUT2D eigenvalue weighted by Crippen LogP contribution is 2.35. The maximum Gasteiger partial charge on any atom is 0.143 e. The van der Waals surface area contributed by atoms with Gasteiger partial charge in [-0.25, -0.2) is 9.97 Å². The molecule has 0 saturated carbocycles. The Hall–Kier alpha value is -2.05. The zero-order chi connectivity index (χ0) is 15.6. The van der Waals surface area contributed by atoms with Gasteiger partial charge in [-0.2, -0.15) is 0 Å². The third-order valence-corrected chi connectivity index (χ3v) is 4.87. The fraction of sp³-hybridized carbons (Fsp3) is 0.294. The Morgan fingerprint density at radius 1 is 1.22 bits per heavy atom. The van der Waals surface area contributed by atoms with Crippen molar-refractivity contribution in [3.8, 4) is 11.1 Å². The largest absolute Gasteiger partial charge is 0.378 e. The minimum absolute atomic E-state index is 0.743. The maximum absolute atomic E-state index is 5.46. The van der Waals surface area contributed by atoms with Crippen molar-refractivity contribution in [2.24, 2.45) is 0 Å².